The molecule has 0 bridgehead atoms. The molecule has 4 nitrogen and oxygen atoms in total. The van der Waals surface area contributed by atoms with E-state index in [4.69, 9.17) is 0 Å². The topological polar surface area (TPSA) is 51.1 Å². The number of amides is 1. The molecule has 0 radical (unpaired) electrons. The standard InChI is InChI=1S/C24H26N2O2/c1-6-13-26-22-12-9-19(15(2)3)14-21(22)16(4)23(26)24(28)25-20-10-7-18(8-11-20)17(5)27/h6-12,14-15H,1,13H2,2-5H3,(H,25,28). The molecule has 0 saturated heterocycles. The molecule has 1 N–H and O–H groups in total. The van der Waals surface area contributed by atoms with Crippen LogP contribution < -0.4 is 5.32 Å². The van der Waals surface area contributed by atoms with E-state index in [1.54, 1.807) is 30.3 Å². The molecule has 1 aromatic heterocycles. The number of ketones is 1. The molecule has 0 atom stereocenters. The molecule has 0 saturated carbocycles. The first kappa shape index (κ1) is 19.6. The van der Waals surface area contributed by atoms with Crippen LogP contribution in [0.25, 0.3) is 10.9 Å². The van der Waals surface area contributed by atoms with Gasteiger partial charge in [-0.05, 0) is 67.3 Å². The van der Waals surface area contributed by atoms with Gasteiger partial charge in [-0.2, -0.15) is 0 Å². The molecule has 0 aliphatic heterocycles. The van der Waals surface area contributed by atoms with E-state index in [-0.39, 0.29) is 11.7 Å². The van der Waals surface area contributed by atoms with Gasteiger partial charge in [-0.15, -0.1) is 6.58 Å². The molecule has 3 rings (SSSR count). The summed E-state index contributed by atoms with van der Waals surface area (Å²) in [4.78, 5) is 24.5. The summed E-state index contributed by atoms with van der Waals surface area (Å²) in [5, 5.41) is 4.05. The molecule has 2 aromatic carbocycles. The zero-order valence-electron chi connectivity index (χ0n) is 16.9. The summed E-state index contributed by atoms with van der Waals surface area (Å²) < 4.78 is 2.00. The van der Waals surface area contributed by atoms with Crippen LogP contribution in [-0.2, 0) is 6.54 Å². The third-order valence-corrected chi connectivity index (χ3v) is 5.08. The molecular formula is C24H26N2O2. The molecule has 28 heavy (non-hydrogen) atoms. The molecule has 3 aromatic rings. The second kappa shape index (κ2) is 7.85. The van der Waals surface area contributed by atoms with Crippen molar-refractivity contribution in [2.75, 3.05) is 5.32 Å². The minimum Gasteiger partial charge on any atom is -0.332 e. The summed E-state index contributed by atoms with van der Waals surface area (Å²) in [7, 11) is 0. The highest BCUT2D eigenvalue weighted by molar-refractivity contribution is 6.08. The van der Waals surface area contributed by atoms with Gasteiger partial charge in [0.2, 0.25) is 0 Å². The Bertz CT molecular complexity index is 1060. The monoisotopic (exact) mass is 374 g/mol. The molecule has 4 heteroatoms. The maximum atomic E-state index is 13.1. The lowest BCUT2D eigenvalue weighted by Gasteiger charge is -2.11. The van der Waals surface area contributed by atoms with Crippen LogP contribution in [0.2, 0.25) is 0 Å². The fourth-order valence-corrected chi connectivity index (χ4v) is 3.49. The minimum absolute atomic E-state index is 0.000728. The number of allylic oxidation sites excluding steroid dienone is 1. The predicted octanol–water partition coefficient (Wildman–Crippen LogP) is 5.71. The Morgan fingerprint density at radius 2 is 1.82 bits per heavy atom. The molecule has 0 unspecified atom stereocenters. The number of nitrogens with one attached hydrogen (secondary N) is 1. The van der Waals surface area contributed by atoms with E-state index in [0.717, 1.165) is 16.5 Å². The van der Waals surface area contributed by atoms with E-state index < -0.39 is 0 Å². The molecule has 1 amide bonds. The van der Waals surface area contributed by atoms with Gasteiger partial charge in [0.25, 0.3) is 5.91 Å². The fourth-order valence-electron chi connectivity index (χ4n) is 3.49. The second-order valence-electron chi connectivity index (χ2n) is 7.39. The predicted molar refractivity (Wildman–Crippen MR) is 115 cm³/mol. The van der Waals surface area contributed by atoms with Gasteiger partial charge >= 0.3 is 0 Å². The van der Waals surface area contributed by atoms with E-state index in [1.165, 1.54) is 12.5 Å². The zero-order valence-corrected chi connectivity index (χ0v) is 16.9. The number of carbonyl (C=O) groups excluding carboxylic acids is 2. The van der Waals surface area contributed by atoms with Crippen LogP contribution in [0, 0.1) is 6.92 Å². The second-order valence-corrected chi connectivity index (χ2v) is 7.39. The quantitative estimate of drug-likeness (QED) is 0.443. The van der Waals surface area contributed by atoms with Crippen LogP contribution in [0.1, 0.15) is 58.7 Å². The molecular weight excluding hydrogens is 348 g/mol. The van der Waals surface area contributed by atoms with Gasteiger partial charge in [0, 0.05) is 28.7 Å². The van der Waals surface area contributed by atoms with E-state index in [1.807, 2.05) is 11.5 Å². The van der Waals surface area contributed by atoms with Crippen LogP contribution in [-0.4, -0.2) is 16.3 Å². The normalized spacial score (nSPS) is 11.0. The van der Waals surface area contributed by atoms with Crippen LogP contribution in [0.5, 0.6) is 0 Å². The number of benzene rings is 2. The first-order valence-electron chi connectivity index (χ1n) is 9.49. The van der Waals surface area contributed by atoms with Gasteiger partial charge in [0.15, 0.2) is 5.78 Å². The van der Waals surface area contributed by atoms with Crippen molar-refractivity contribution < 1.29 is 9.59 Å². The van der Waals surface area contributed by atoms with Crippen LogP contribution >= 0.6 is 0 Å². The van der Waals surface area contributed by atoms with Crippen molar-refractivity contribution >= 4 is 28.3 Å². The Balaban J connectivity index is 2.03. The number of fused-ring (bicyclic) bond motifs is 1. The lowest BCUT2D eigenvalue weighted by atomic mass is 10.0. The lowest BCUT2D eigenvalue weighted by molar-refractivity contribution is 0.101. The Hall–Kier alpha value is -3.14. The maximum absolute atomic E-state index is 13.1. The SMILES string of the molecule is C=CCn1c(C(=O)Nc2ccc(C(C)=O)cc2)c(C)c2cc(C(C)C)ccc21. The molecule has 1 heterocycles. The summed E-state index contributed by atoms with van der Waals surface area (Å²) in [5.41, 5.74) is 5.14. The summed E-state index contributed by atoms with van der Waals surface area (Å²) in [5.74, 6) is 0.252. The third kappa shape index (κ3) is 3.63. The van der Waals surface area contributed by atoms with E-state index in [9.17, 15) is 9.59 Å². The maximum Gasteiger partial charge on any atom is 0.272 e. The van der Waals surface area contributed by atoms with Gasteiger partial charge < -0.3 is 9.88 Å². The van der Waals surface area contributed by atoms with Crippen LogP contribution in [0.4, 0.5) is 5.69 Å². The number of carbonyl (C=O) groups is 2. The van der Waals surface area contributed by atoms with Crippen molar-refractivity contribution in [2.24, 2.45) is 0 Å². The van der Waals surface area contributed by atoms with Crippen molar-refractivity contribution in [1.82, 2.24) is 4.57 Å². The first-order valence-corrected chi connectivity index (χ1v) is 9.49. The Morgan fingerprint density at radius 3 is 2.39 bits per heavy atom. The highest BCUT2D eigenvalue weighted by Gasteiger charge is 2.20. The van der Waals surface area contributed by atoms with Crippen molar-refractivity contribution in [3.8, 4) is 0 Å². The number of anilines is 1. The average molecular weight is 374 g/mol. The van der Waals surface area contributed by atoms with Gasteiger partial charge in [0.05, 0.1) is 0 Å². The molecule has 0 spiro atoms. The summed E-state index contributed by atoms with van der Waals surface area (Å²) in [6, 6.07) is 13.3. The molecule has 144 valence electrons. The number of aryl methyl sites for hydroxylation is 1. The Labute approximate surface area is 165 Å². The number of Topliss-reactive ketones (excluding diaryl/α,β-unsaturated/α-hetero) is 1. The van der Waals surface area contributed by atoms with Gasteiger partial charge in [0.1, 0.15) is 5.69 Å². The Morgan fingerprint density at radius 1 is 1.14 bits per heavy atom. The van der Waals surface area contributed by atoms with Crippen LogP contribution in [0.3, 0.4) is 0 Å². The van der Waals surface area contributed by atoms with Crippen molar-refractivity contribution in [3.05, 3.63) is 77.5 Å². The summed E-state index contributed by atoms with van der Waals surface area (Å²) >= 11 is 0. The average Bonchev–Trinajstić information content (AvgIpc) is 2.94. The van der Waals surface area contributed by atoms with Crippen molar-refractivity contribution in [2.45, 2.75) is 40.2 Å². The number of nitrogens with zero attached hydrogens (tertiary/aromatic N) is 1. The molecule has 0 fully saturated rings. The third-order valence-electron chi connectivity index (χ3n) is 5.08. The Kier molecular flexibility index (Phi) is 5.50. The van der Waals surface area contributed by atoms with Crippen molar-refractivity contribution in [3.63, 3.8) is 0 Å². The van der Waals surface area contributed by atoms with Gasteiger partial charge in [-0.3, -0.25) is 9.59 Å². The first-order chi connectivity index (χ1) is 13.3. The van der Waals surface area contributed by atoms with Crippen molar-refractivity contribution in [1.29, 1.82) is 0 Å². The zero-order chi connectivity index (χ0) is 20.4. The fraction of sp³-hybridized carbons (Fsp3) is 0.250. The number of aromatic nitrogens is 1. The highest BCUT2D eigenvalue weighted by Crippen LogP contribution is 2.29. The summed E-state index contributed by atoms with van der Waals surface area (Å²) in [6.07, 6.45) is 1.80. The summed E-state index contributed by atoms with van der Waals surface area (Å²) in [6.45, 7) is 12.2. The smallest absolute Gasteiger partial charge is 0.272 e. The molecule has 0 aliphatic carbocycles. The van der Waals surface area contributed by atoms with Gasteiger partial charge in [-0.25, -0.2) is 0 Å². The number of hydrogen-bond acceptors (Lipinski definition) is 2. The molecule has 0 aliphatic rings. The van der Waals surface area contributed by atoms with Crippen LogP contribution in [0.15, 0.2) is 55.1 Å². The van der Waals surface area contributed by atoms with E-state index in [2.05, 4.69) is 43.9 Å². The highest BCUT2D eigenvalue weighted by atomic mass is 16.2. The van der Waals surface area contributed by atoms with E-state index in [0.29, 0.717) is 29.4 Å². The lowest BCUT2D eigenvalue weighted by Crippen LogP contribution is -2.18. The van der Waals surface area contributed by atoms with Gasteiger partial charge in [-0.1, -0.05) is 26.0 Å². The largest absolute Gasteiger partial charge is 0.332 e. The van der Waals surface area contributed by atoms with E-state index >= 15 is 0 Å². The minimum atomic E-state index is -0.169. The number of hydrogen-bond donors (Lipinski definition) is 1. The number of rotatable bonds is 6.